The largest absolute Gasteiger partial charge is 0.455 e. The molecule has 1 atom stereocenters. The van der Waals surface area contributed by atoms with E-state index in [4.69, 9.17) is 4.42 Å². The number of hydrogen-bond acceptors (Lipinski definition) is 4. The predicted octanol–water partition coefficient (Wildman–Crippen LogP) is 2.96. The van der Waals surface area contributed by atoms with Crippen LogP contribution in [0.5, 0.6) is 5.95 Å². The van der Waals surface area contributed by atoms with Crippen LogP contribution in [-0.4, -0.2) is 30.4 Å². The number of halogens is 5. The zero-order valence-electron chi connectivity index (χ0n) is 12.4. The number of hydrogen-bond donors (Lipinski definition) is 2. The van der Waals surface area contributed by atoms with Gasteiger partial charge < -0.3 is 19.6 Å². The van der Waals surface area contributed by atoms with Crippen LogP contribution in [0.15, 0.2) is 34.7 Å². The van der Waals surface area contributed by atoms with Gasteiger partial charge >= 0.3 is 6.18 Å². The Labute approximate surface area is 138 Å². The molecule has 10 heteroatoms. The first-order valence-corrected chi connectivity index (χ1v) is 6.85. The van der Waals surface area contributed by atoms with Crippen molar-refractivity contribution in [1.82, 2.24) is 5.32 Å². The lowest BCUT2D eigenvalue weighted by Gasteiger charge is -2.16. The fourth-order valence-corrected chi connectivity index (χ4v) is 1.91. The molecule has 5 nitrogen and oxygen atoms in total. The second-order valence-electron chi connectivity index (χ2n) is 4.90. The van der Waals surface area contributed by atoms with Gasteiger partial charge in [-0.15, -0.1) is 0 Å². The molecule has 0 aliphatic carbocycles. The Hall–Kier alpha value is -2.62. The van der Waals surface area contributed by atoms with Gasteiger partial charge in [-0.05, 0) is 24.3 Å². The molecule has 0 aliphatic heterocycles. The van der Waals surface area contributed by atoms with Crippen molar-refractivity contribution < 1.29 is 41.0 Å². The van der Waals surface area contributed by atoms with Crippen LogP contribution in [0.2, 0.25) is 0 Å². The number of rotatable bonds is 6. The van der Waals surface area contributed by atoms with E-state index in [1.165, 1.54) is 0 Å². The van der Waals surface area contributed by atoms with E-state index in [0.717, 1.165) is 30.3 Å². The topological polar surface area (TPSA) is 71.7 Å². The average Bonchev–Trinajstić information content (AvgIpc) is 3.01. The summed E-state index contributed by atoms with van der Waals surface area (Å²) in [6.45, 7) is -2.35. The minimum atomic E-state index is -4.58. The maximum absolute atomic E-state index is 13.7. The molecule has 1 heterocycles. The van der Waals surface area contributed by atoms with Crippen molar-refractivity contribution in [3.63, 3.8) is 0 Å². The smallest absolute Gasteiger partial charge is 0.422 e. The Balaban J connectivity index is 2.07. The van der Waals surface area contributed by atoms with Gasteiger partial charge in [-0.2, -0.15) is 13.2 Å². The van der Waals surface area contributed by atoms with E-state index in [0.29, 0.717) is 0 Å². The Morgan fingerprint density at radius 2 is 1.96 bits per heavy atom. The van der Waals surface area contributed by atoms with Crippen molar-refractivity contribution >= 4 is 5.91 Å². The third-order valence-electron chi connectivity index (χ3n) is 3.00. The van der Waals surface area contributed by atoms with Crippen LogP contribution < -0.4 is 10.1 Å². The molecule has 0 saturated heterocycles. The van der Waals surface area contributed by atoms with E-state index in [9.17, 15) is 31.9 Å². The Morgan fingerprint density at radius 1 is 1.24 bits per heavy atom. The molecule has 0 radical (unpaired) electrons. The molecule has 1 unspecified atom stereocenters. The van der Waals surface area contributed by atoms with Gasteiger partial charge in [-0.3, -0.25) is 4.79 Å². The molecular formula is C15H12F5NO4. The molecule has 0 fully saturated rings. The molecule has 136 valence electrons. The highest BCUT2D eigenvalue weighted by molar-refractivity contribution is 5.91. The maximum Gasteiger partial charge on any atom is 0.422 e. The van der Waals surface area contributed by atoms with Crippen molar-refractivity contribution in [3.05, 3.63) is 53.3 Å². The SMILES string of the molecule is O=C(NC(CO)c1cc(F)ccc1F)c1ccc(OCC(F)(F)F)o1. The molecule has 0 saturated carbocycles. The molecule has 0 bridgehead atoms. The number of furan rings is 1. The summed E-state index contributed by atoms with van der Waals surface area (Å²) in [5.74, 6) is -3.55. The molecule has 1 amide bonds. The van der Waals surface area contributed by atoms with Crippen LogP contribution in [0.3, 0.4) is 0 Å². The van der Waals surface area contributed by atoms with Crippen LogP contribution in [0.1, 0.15) is 22.2 Å². The van der Waals surface area contributed by atoms with Gasteiger partial charge in [0.05, 0.1) is 12.6 Å². The van der Waals surface area contributed by atoms with Crippen LogP contribution in [-0.2, 0) is 0 Å². The Morgan fingerprint density at radius 3 is 2.60 bits per heavy atom. The number of alkyl halides is 3. The highest BCUT2D eigenvalue weighted by atomic mass is 19.4. The summed E-state index contributed by atoms with van der Waals surface area (Å²) in [6, 6.07) is 3.25. The summed E-state index contributed by atoms with van der Waals surface area (Å²) in [7, 11) is 0. The van der Waals surface area contributed by atoms with E-state index in [-0.39, 0.29) is 5.56 Å². The number of carbonyl (C=O) groups excluding carboxylic acids is 1. The summed E-state index contributed by atoms with van der Waals surface area (Å²) >= 11 is 0. The molecule has 2 aromatic rings. The first kappa shape index (κ1) is 18.7. The van der Waals surface area contributed by atoms with Crippen LogP contribution in [0.25, 0.3) is 0 Å². The van der Waals surface area contributed by atoms with Crippen LogP contribution >= 0.6 is 0 Å². The van der Waals surface area contributed by atoms with Crippen molar-refractivity contribution in [1.29, 1.82) is 0 Å². The highest BCUT2D eigenvalue weighted by Gasteiger charge is 2.29. The fourth-order valence-electron chi connectivity index (χ4n) is 1.91. The lowest BCUT2D eigenvalue weighted by Crippen LogP contribution is -2.31. The van der Waals surface area contributed by atoms with Gasteiger partial charge in [-0.1, -0.05) is 0 Å². The van der Waals surface area contributed by atoms with Crippen LogP contribution in [0, 0.1) is 11.6 Å². The van der Waals surface area contributed by atoms with E-state index in [2.05, 4.69) is 10.1 Å². The quantitative estimate of drug-likeness (QED) is 0.772. The molecule has 2 N–H and O–H groups in total. The minimum absolute atomic E-state index is 0.295. The maximum atomic E-state index is 13.7. The number of amides is 1. The Kier molecular flexibility index (Phi) is 5.62. The number of ether oxygens (including phenoxy) is 1. The van der Waals surface area contributed by atoms with Crippen molar-refractivity contribution in [2.45, 2.75) is 12.2 Å². The van der Waals surface area contributed by atoms with Gasteiger partial charge in [0.25, 0.3) is 11.9 Å². The minimum Gasteiger partial charge on any atom is -0.455 e. The molecule has 0 aliphatic rings. The van der Waals surface area contributed by atoms with Crippen LogP contribution in [0.4, 0.5) is 22.0 Å². The van der Waals surface area contributed by atoms with E-state index in [1.54, 1.807) is 0 Å². The van der Waals surface area contributed by atoms with E-state index in [1.807, 2.05) is 0 Å². The fraction of sp³-hybridized carbons (Fsp3) is 0.267. The molecule has 1 aromatic heterocycles. The lowest BCUT2D eigenvalue weighted by atomic mass is 10.1. The van der Waals surface area contributed by atoms with Gasteiger partial charge in [-0.25, -0.2) is 8.78 Å². The van der Waals surface area contributed by atoms with Gasteiger partial charge in [0, 0.05) is 11.6 Å². The predicted molar refractivity (Wildman–Crippen MR) is 73.9 cm³/mol. The average molecular weight is 365 g/mol. The van der Waals surface area contributed by atoms with E-state index < -0.39 is 54.7 Å². The summed E-state index contributed by atoms with van der Waals surface area (Å²) < 4.78 is 72.1. The number of carbonyl (C=O) groups is 1. The molecular weight excluding hydrogens is 353 g/mol. The Bertz CT molecular complexity index is 744. The number of aliphatic hydroxyl groups is 1. The zero-order chi connectivity index (χ0) is 18.6. The monoisotopic (exact) mass is 365 g/mol. The first-order chi connectivity index (χ1) is 11.7. The molecule has 2 rings (SSSR count). The number of benzene rings is 1. The third-order valence-corrected chi connectivity index (χ3v) is 3.00. The van der Waals surface area contributed by atoms with Gasteiger partial charge in [0.15, 0.2) is 12.4 Å². The van der Waals surface area contributed by atoms with Crippen molar-refractivity contribution in [2.24, 2.45) is 0 Å². The first-order valence-electron chi connectivity index (χ1n) is 6.85. The second-order valence-corrected chi connectivity index (χ2v) is 4.90. The molecule has 1 aromatic carbocycles. The van der Waals surface area contributed by atoms with Crippen molar-refractivity contribution in [2.75, 3.05) is 13.2 Å². The molecule has 25 heavy (non-hydrogen) atoms. The summed E-state index contributed by atoms with van der Waals surface area (Å²) in [4.78, 5) is 12.0. The lowest BCUT2D eigenvalue weighted by molar-refractivity contribution is -0.156. The normalized spacial score (nSPS) is 12.7. The van der Waals surface area contributed by atoms with Gasteiger partial charge in [0.2, 0.25) is 0 Å². The summed E-state index contributed by atoms with van der Waals surface area (Å²) in [6.07, 6.45) is -4.58. The second kappa shape index (κ2) is 7.51. The standard InChI is InChI=1S/C15H12F5NO4/c16-8-1-2-10(17)9(5-8)11(6-22)21-14(23)12-3-4-13(25-12)24-7-15(18,19)20/h1-5,11,22H,6-7H2,(H,21,23). The van der Waals surface area contributed by atoms with E-state index >= 15 is 0 Å². The van der Waals surface area contributed by atoms with Gasteiger partial charge in [0.1, 0.15) is 11.6 Å². The third kappa shape index (κ3) is 5.18. The van der Waals surface area contributed by atoms with Crippen molar-refractivity contribution in [3.8, 4) is 5.95 Å². The number of aliphatic hydroxyl groups excluding tert-OH is 1. The summed E-state index contributed by atoms with van der Waals surface area (Å²) in [5, 5.41) is 11.5. The number of nitrogens with one attached hydrogen (secondary N) is 1. The zero-order valence-corrected chi connectivity index (χ0v) is 12.4. The summed E-state index contributed by atoms with van der Waals surface area (Å²) in [5.41, 5.74) is -0.295. The molecule has 0 spiro atoms. The highest BCUT2D eigenvalue weighted by Crippen LogP contribution is 2.22.